The van der Waals surface area contributed by atoms with Crippen molar-refractivity contribution in [3.63, 3.8) is 0 Å². The second kappa shape index (κ2) is 4.43. The van der Waals surface area contributed by atoms with Gasteiger partial charge in [0, 0.05) is 38.8 Å². The van der Waals surface area contributed by atoms with E-state index in [4.69, 9.17) is 0 Å². The molecule has 3 rings (SSSR count). The quantitative estimate of drug-likeness (QED) is 0.656. The Kier molecular flexibility index (Phi) is 3.21. The van der Waals surface area contributed by atoms with Gasteiger partial charge in [-0.25, -0.2) is 0 Å². The number of rotatable bonds is 4. The molecule has 0 aromatic carbocycles. The second-order valence-corrected chi connectivity index (χ2v) is 4.34. The van der Waals surface area contributed by atoms with Crippen molar-refractivity contribution in [3.8, 4) is 0 Å². The number of piperazine rings is 3. The summed E-state index contributed by atoms with van der Waals surface area (Å²) in [5, 5.41) is 10.0. The van der Waals surface area contributed by atoms with Crippen LogP contribution in [0.5, 0.6) is 0 Å². The maximum absolute atomic E-state index is 10.0. The summed E-state index contributed by atoms with van der Waals surface area (Å²) in [6.07, 6.45) is 3.50. The Labute approximate surface area is 86.0 Å². The van der Waals surface area contributed by atoms with Crippen LogP contribution in [0, 0.1) is 0 Å². The highest BCUT2D eigenvalue weighted by Gasteiger charge is 2.35. The maximum Gasteiger partial charge on any atom is 0.0710 e. The summed E-state index contributed by atoms with van der Waals surface area (Å²) in [5.41, 5.74) is 0. The van der Waals surface area contributed by atoms with E-state index in [9.17, 15) is 5.11 Å². The van der Waals surface area contributed by atoms with Crippen molar-refractivity contribution in [2.45, 2.75) is 25.0 Å². The van der Waals surface area contributed by atoms with Crippen molar-refractivity contribution in [1.82, 2.24) is 9.80 Å². The number of nitrogens with zero attached hydrogens (tertiary/aromatic N) is 2. The van der Waals surface area contributed by atoms with Crippen molar-refractivity contribution >= 4 is 0 Å². The molecule has 0 amide bonds. The molecular formula is C11H20N2O. The normalized spacial score (nSPS) is 38.2. The van der Waals surface area contributed by atoms with E-state index in [-0.39, 0.29) is 6.10 Å². The average Bonchev–Trinajstić information content (AvgIpc) is 2.27. The highest BCUT2D eigenvalue weighted by Crippen LogP contribution is 2.20. The highest BCUT2D eigenvalue weighted by molar-refractivity contribution is 4.92. The Hall–Kier alpha value is -0.380. The summed E-state index contributed by atoms with van der Waals surface area (Å²) in [4.78, 5) is 4.90. The van der Waals surface area contributed by atoms with Gasteiger partial charge in [0.05, 0.1) is 6.10 Å². The van der Waals surface area contributed by atoms with Gasteiger partial charge in [0.2, 0.25) is 0 Å². The zero-order valence-electron chi connectivity index (χ0n) is 8.73. The lowest BCUT2D eigenvalue weighted by atomic mass is 9.99. The van der Waals surface area contributed by atoms with E-state index in [0.29, 0.717) is 6.04 Å². The molecule has 0 radical (unpaired) electrons. The van der Waals surface area contributed by atoms with Crippen LogP contribution in [0.4, 0.5) is 0 Å². The maximum atomic E-state index is 10.0. The highest BCUT2D eigenvalue weighted by atomic mass is 16.3. The Morgan fingerprint density at radius 1 is 1.36 bits per heavy atom. The monoisotopic (exact) mass is 196 g/mol. The van der Waals surface area contributed by atoms with Crippen LogP contribution in [-0.4, -0.2) is 59.8 Å². The lowest BCUT2D eigenvalue weighted by molar-refractivity contribution is -0.0476. The lowest BCUT2D eigenvalue weighted by Crippen LogP contribution is -2.64. The van der Waals surface area contributed by atoms with Crippen LogP contribution < -0.4 is 0 Å². The van der Waals surface area contributed by atoms with Gasteiger partial charge in [-0.3, -0.25) is 9.80 Å². The number of hydrogen-bond donors (Lipinski definition) is 1. The summed E-state index contributed by atoms with van der Waals surface area (Å²) in [7, 11) is 0. The van der Waals surface area contributed by atoms with Crippen LogP contribution in [0.15, 0.2) is 12.7 Å². The van der Waals surface area contributed by atoms with Gasteiger partial charge in [0.25, 0.3) is 0 Å². The average molecular weight is 196 g/mol. The molecule has 80 valence electrons. The standard InChI is InChI=1S/C11H20N2O/c1-2-3-4-11(14)10-9-12-5-7-13(10)8-6-12/h2,10-11,14H,1,3-9H2. The fourth-order valence-electron chi connectivity index (χ4n) is 2.50. The fraction of sp³-hybridized carbons (Fsp3) is 0.818. The summed E-state index contributed by atoms with van der Waals surface area (Å²) >= 11 is 0. The third-order valence-electron chi connectivity index (χ3n) is 3.43. The molecule has 14 heavy (non-hydrogen) atoms. The molecule has 2 bridgehead atoms. The molecular weight excluding hydrogens is 176 g/mol. The summed E-state index contributed by atoms with van der Waals surface area (Å²) in [5.74, 6) is 0. The van der Waals surface area contributed by atoms with E-state index < -0.39 is 0 Å². The summed E-state index contributed by atoms with van der Waals surface area (Å²) < 4.78 is 0. The minimum absolute atomic E-state index is 0.170. The number of hydrogen-bond acceptors (Lipinski definition) is 3. The van der Waals surface area contributed by atoms with Gasteiger partial charge in [-0.15, -0.1) is 6.58 Å². The Bertz CT molecular complexity index is 199. The zero-order valence-corrected chi connectivity index (χ0v) is 8.73. The van der Waals surface area contributed by atoms with Gasteiger partial charge in [-0.1, -0.05) is 6.08 Å². The lowest BCUT2D eigenvalue weighted by Gasteiger charge is -2.49. The summed E-state index contributed by atoms with van der Waals surface area (Å²) in [6, 6.07) is 0.373. The van der Waals surface area contributed by atoms with Gasteiger partial charge in [0.1, 0.15) is 0 Å². The number of aliphatic hydroxyl groups excluding tert-OH is 1. The number of allylic oxidation sites excluding steroid dienone is 1. The first-order chi connectivity index (χ1) is 6.81. The van der Waals surface area contributed by atoms with Gasteiger partial charge in [-0.2, -0.15) is 0 Å². The van der Waals surface area contributed by atoms with E-state index in [0.717, 1.165) is 32.5 Å². The van der Waals surface area contributed by atoms with Crippen LogP contribution in [-0.2, 0) is 0 Å². The molecule has 0 aromatic rings. The minimum atomic E-state index is -0.170. The smallest absolute Gasteiger partial charge is 0.0710 e. The van der Waals surface area contributed by atoms with Gasteiger partial charge >= 0.3 is 0 Å². The molecule has 3 nitrogen and oxygen atoms in total. The Morgan fingerprint density at radius 3 is 2.57 bits per heavy atom. The van der Waals surface area contributed by atoms with Gasteiger partial charge < -0.3 is 5.11 Å². The number of aliphatic hydroxyl groups is 1. The van der Waals surface area contributed by atoms with E-state index in [1.165, 1.54) is 13.1 Å². The van der Waals surface area contributed by atoms with Crippen LogP contribution in [0.3, 0.4) is 0 Å². The topological polar surface area (TPSA) is 26.7 Å². The van der Waals surface area contributed by atoms with E-state index in [2.05, 4.69) is 16.4 Å². The van der Waals surface area contributed by atoms with E-state index in [1.807, 2.05) is 6.08 Å². The Morgan fingerprint density at radius 2 is 2.07 bits per heavy atom. The summed E-state index contributed by atoms with van der Waals surface area (Å²) in [6.45, 7) is 9.38. The SMILES string of the molecule is C=CCCC(O)C1CN2CCN1CC2. The molecule has 3 saturated heterocycles. The molecule has 3 aliphatic rings. The zero-order chi connectivity index (χ0) is 9.97. The van der Waals surface area contributed by atoms with Crippen molar-refractivity contribution in [1.29, 1.82) is 0 Å². The first-order valence-corrected chi connectivity index (χ1v) is 5.56. The van der Waals surface area contributed by atoms with Crippen LogP contribution >= 0.6 is 0 Å². The van der Waals surface area contributed by atoms with Crippen LogP contribution in [0.25, 0.3) is 0 Å². The predicted molar refractivity (Wildman–Crippen MR) is 57.2 cm³/mol. The predicted octanol–water partition coefficient (Wildman–Crippen LogP) is 0.313. The number of fused-ring (bicyclic) bond motifs is 3. The molecule has 0 saturated carbocycles. The van der Waals surface area contributed by atoms with E-state index in [1.54, 1.807) is 0 Å². The Balaban J connectivity index is 1.87. The van der Waals surface area contributed by atoms with Crippen molar-refractivity contribution < 1.29 is 5.11 Å². The minimum Gasteiger partial charge on any atom is -0.391 e. The molecule has 0 spiro atoms. The molecule has 3 heterocycles. The molecule has 2 atom stereocenters. The molecule has 2 unspecified atom stereocenters. The van der Waals surface area contributed by atoms with Crippen molar-refractivity contribution in [2.75, 3.05) is 32.7 Å². The molecule has 3 aliphatic heterocycles. The van der Waals surface area contributed by atoms with Crippen LogP contribution in [0.2, 0.25) is 0 Å². The first kappa shape index (κ1) is 10.1. The third kappa shape index (κ3) is 2.00. The molecule has 0 aromatic heterocycles. The molecule has 3 heteroatoms. The third-order valence-corrected chi connectivity index (χ3v) is 3.43. The largest absolute Gasteiger partial charge is 0.391 e. The molecule has 3 fully saturated rings. The molecule has 1 N–H and O–H groups in total. The van der Waals surface area contributed by atoms with Gasteiger partial charge in [-0.05, 0) is 12.8 Å². The van der Waals surface area contributed by atoms with E-state index >= 15 is 0 Å². The molecule has 0 aliphatic carbocycles. The van der Waals surface area contributed by atoms with Crippen molar-refractivity contribution in [2.24, 2.45) is 0 Å². The van der Waals surface area contributed by atoms with Crippen LogP contribution in [0.1, 0.15) is 12.8 Å². The van der Waals surface area contributed by atoms with Gasteiger partial charge in [0.15, 0.2) is 0 Å². The fourth-order valence-corrected chi connectivity index (χ4v) is 2.50. The second-order valence-electron chi connectivity index (χ2n) is 4.34. The van der Waals surface area contributed by atoms with Crippen molar-refractivity contribution in [3.05, 3.63) is 12.7 Å². The first-order valence-electron chi connectivity index (χ1n) is 5.56.